The van der Waals surface area contributed by atoms with E-state index in [-0.39, 0.29) is 0 Å². The molecule has 1 N–H and O–H groups in total. The molecule has 2 nitrogen and oxygen atoms in total. The van der Waals surface area contributed by atoms with Crippen LogP contribution in [0.15, 0.2) is 73.1 Å². The standard InChI is InChI=1S/C18H15NO/c20-18-7-5-17(6-8-18)16-3-1-14(2-4-16)13-15-9-11-19-12-10-15/h1-12,20H,13H2. The van der Waals surface area contributed by atoms with Gasteiger partial charge in [-0.25, -0.2) is 0 Å². The van der Waals surface area contributed by atoms with E-state index in [4.69, 9.17) is 0 Å². The third kappa shape index (κ3) is 2.86. The van der Waals surface area contributed by atoms with E-state index in [1.807, 2.05) is 36.7 Å². The van der Waals surface area contributed by atoms with E-state index in [0.717, 1.165) is 17.5 Å². The van der Waals surface area contributed by atoms with Gasteiger partial charge in [-0.05, 0) is 52.9 Å². The average Bonchev–Trinajstić information content (AvgIpc) is 2.50. The van der Waals surface area contributed by atoms with Crippen LogP contribution in [0, 0.1) is 0 Å². The van der Waals surface area contributed by atoms with Gasteiger partial charge >= 0.3 is 0 Å². The molecule has 0 fully saturated rings. The molecule has 0 atom stereocenters. The Morgan fingerprint density at radius 2 is 1.15 bits per heavy atom. The highest BCUT2D eigenvalue weighted by Crippen LogP contribution is 2.22. The van der Waals surface area contributed by atoms with Crippen molar-refractivity contribution in [2.45, 2.75) is 6.42 Å². The Balaban J connectivity index is 1.79. The number of pyridine rings is 1. The largest absolute Gasteiger partial charge is 0.508 e. The summed E-state index contributed by atoms with van der Waals surface area (Å²) in [5.74, 6) is 0.294. The lowest BCUT2D eigenvalue weighted by Crippen LogP contribution is -1.88. The minimum absolute atomic E-state index is 0.294. The quantitative estimate of drug-likeness (QED) is 0.771. The molecule has 0 amide bonds. The molecule has 0 bridgehead atoms. The van der Waals surface area contributed by atoms with Crippen molar-refractivity contribution >= 4 is 0 Å². The zero-order valence-electron chi connectivity index (χ0n) is 11.0. The van der Waals surface area contributed by atoms with Crippen LogP contribution < -0.4 is 0 Å². The molecule has 20 heavy (non-hydrogen) atoms. The molecule has 0 radical (unpaired) electrons. The number of nitrogens with zero attached hydrogens (tertiary/aromatic N) is 1. The van der Waals surface area contributed by atoms with Crippen LogP contribution in [0.3, 0.4) is 0 Å². The van der Waals surface area contributed by atoms with Gasteiger partial charge in [0, 0.05) is 12.4 Å². The number of aromatic hydroxyl groups is 1. The molecule has 0 aliphatic carbocycles. The minimum atomic E-state index is 0.294. The summed E-state index contributed by atoms with van der Waals surface area (Å²) in [4.78, 5) is 4.03. The number of benzene rings is 2. The molecule has 0 aliphatic heterocycles. The van der Waals surface area contributed by atoms with Gasteiger partial charge < -0.3 is 5.11 Å². The van der Waals surface area contributed by atoms with Crippen molar-refractivity contribution in [2.75, 3.05) is 0 Å². The third-order valence-corrected chi connectivity index (χ3v) is 3.31. The lowest BCUT2D eigenvalue weighted by Gasteiger charge is -2.05. The van der Waals surface area contributed by atoms with E-state index in [1.54, 1.807) is 12.1 Å². The van der Waals surface area contributed by atoms with Crippen molar-refractivity contribution in [2.24, 2.45) is 0 Å². The Bertz CT molecular complexity index is 673. The maximum Gasteiger partial charge on any atom is 0.115 e. The summed E-state index contributed by atoms with van der Waals surface area (Å²) in [5, 5.41) is 9.31. The second-order valence-corrected chi connectivity index (χ2v) is 4.78. The second kappa shape index (κ2) is 5.57. The van der Waals surface area contributed by atoms with E-state index in [2.05, 4.69) is 29.2 Å². The van der Waals surface area contributed by atoms with E-state index >= 15 is 0 Å². The fourth-order valence-corrected chi connectivity index (χ4v) is 2.21. The minimum Gasteiger partial charge on any atom is -0.508 e. The number of phenolic OH excluding ortho intramolecular Hbond substituents is 1. The van der Waals surface area contributed by atoms with Gasteiger partial charge in [0.1, 0.15) is 5.75 Å². The Labute approximate surface area is 118 Å². The van der Waals surface area contributed by atoms with E-state index in [0.29, 0.717) is 5.75 Å². The van der Waals surface area contributed by atoms with Crippen molar-refractivity contribution in [1.29, 1.82) is 0 Å². The van der Waals surface area contributed by atoms with E-state index in [9.17, 15) is 5.11 Å². The zero-order chi connectivity index (χ0) is 13.8. The van der Waals surface area contributed by atoms with Crippen molar-refractivity contribution in [1.82, 2.24) is 4.98 Å². The molecule has 2 aromatic carbocycles. The molecule has 2 heteroatoms. The van der Waals surface area contributed by atoms with Crippen LogP contribution in [-0.4, -0.2) is 10.1 Å². The topological polar surface area (TPSA) is 33.1 Å². The molecule has 0 spiro atoms. The van der Waals surface area contributed by atoms with Crippen molar-refractivity contribution in [3.63, 3.8) is 0 Å². The fraction of sp³-hybridized carbons (Fsp3) is 0.0556. The van der Waals surface area contributed by atoms with Crippen molar-refractivity contribution in [3.8, 4) is 16.9 Å². The van der Waals surface area contributed by atoms with Gasteiger partial charge in [-0.2, -0.15) is 0 Å². The molecule has 3 aromatic rings. The van der Waals surface area contributed by atoms with Gasteiger partial charge in [-0.1, -0.05) is 36.4 Å². The first-order valence-corrected chi connectivity index (χ1v) is 6.58. The van der Waals surface area contributed by atoms with Crippen LogP contribution in [0.1, 0.15) is 11.1 Å². The molecule has 0 unspecified atom stereocenters. The van der Waals surface area contributed by atoms with Gasteiger partial charge in [-0.15, -0.1) is 0 Å². The Hall–Kier alpha value is -2.61. The zero-order valence-corrected chi connectivity index (χ0v) is 11.0. The molecule has 0 saturated carbocycles. The number of hydrogen-bond donors (Lipinski definition) is 1. The van der Waals surface area contributed by atoms with Gasteiger partial charge in [0.2, 0.25) is 0 Å². The number of aromatic nitrogens is 1. The molecule has 98 valence electrons. The van der Waals surface area contributed by atoms with Crippen molar-refractivity contribution < 1.29 is 5.11 Å². The predicted molar refractivity (Wildman–Crippen MR) is 80.6 cm³/mol. The van der Waals surface area contributed by atoms with Crippen LogP contribution in [-0.2, 0) is 6.42 Å². The highest BCUT2D eigenvalue weighted by Gasteiger charge is 2.00. The number of hydrogen-bond acceptors (Lipinski definition) is 2. The summed E-state index contributed by atoms with van der Waals surface area (Å²) in [6.07, 6.45) is 4.55. The highest BCUT2D eigenvalue weighted by molar-refractivity contribution is 5.64. The third-order valence-electron chi connectivity index (χ3n) is 3.31. The van der Waals surface area contributed by atoms with Gasteiger partial charge in [-0.3, -0.25) is 4.98 Å². The molecular formula is C18H15NO. The Morgan fingerprint density at radius 3 is 1.75 bits per heavy atom. The van der Waals surface area contributed by atoms with E-state index < -0.39 is 0 Å². The summed E-state index contributed by atoms with van der Waals surface area (Å²) in [5.41, 5.74) is 4.80. The summed E-state index contributed by atoms with van der Waals surface area (Å²) >= 11 is 0. The average molecular weight is 261 g/mol. The maximum atomic E-state index is 9.31. The maximum absolute atomic E-state index is 9.31. The first-order chi connectivity index (χ1) is 9.81. The molecule has 0 aliphatic rings. The van der Waals surface area contributed by atoms with Gasteiger partial charge in [0.15, 0.2) is 0 Å². The smallest absolute Gasteiger partial charge is 0.115 e. The van der Waals surface area contributed by atoms with Crippen LogP contribution in [0.2, 0.25) is 0 Å². The van der Waals surface area contributed by atoms with Gasteiger partial charge in [0.05, 0.1) is 0 Å². The van der Waals surface area contributed by atoms with Crippen LogP contribution >= 0.6 is 0 Å². The van der Waals surface area contributed by atoms with E-state index in [1.165, 1.54) is 11.1 Å². The van der Waals surface area contributed by atoms with Gasteiger partial charge in [0.25, 0.3) is 0 Å². The lowest BCUT2D eigenvalue weighted by molar-refractivity contribution is 0.475. The molecular weight excluding hydrogens is 246 g/mol. The number of phenols is 1. The Morgan fingerprint density at radius 1 is 0.650 bits per heavy atom. The normalized spacial score (nSPS) is 10.4. The Kier molecular flexibility index (Phi) is 3.46. The summed E-state index contributed by atoms with van der Waals surface area (Å²) < 4.78 is 0. The molecule has 0 saturated heterocycles. The second-order valence-electron chi connectivity index (χ2n) is 4.78. The molecule has 1 aromatic heterocycles. The first-order valence-electron chi connectivity index (χ1n) is 6.58. The van der Waals surface area contributed by atoms with Crippen molar-refractivity contribution in [3.05, 3.63) is 84.2 Å². The van der Waals surface area contributed by atoms with Crippen LogP contribution in [0.4, 0.5) is 0 Å². The summed E-state index contributed by atoms with van der Waals surface area (Å²) in [7, 11) is 0. The first kappa shape index (κ1) is 12.4. The molecule has 1 heterocycles. The summed E-state index contributed by atoms with van der Waals surface area (Å²) in [6, 6.07) is 19.8. The van der Waals surface area contributed by atoms with Crippen LogP contribution in [0.25, 0.3) is 11.1 Å². The highest BCUT2D eigenvalue weighted by atomic mass is 16.3. The molecule has 3 rings (SSSR count). The van der Waals surface area contributed by atoms with Crippen LogP contribution in [0.5, 0.6) is 5.75 Å². The fourth-order valence-electron chi connectivity index (χ4n) is 2.21. The lowest BCUT2D eigenvalue weighted by atomic mass is 10.0. The number of rotatable bonds is 3. The SMILES string of the molecule is Oc1ccc(-c2ccc(Cc3ccncc3)cc2)cc1. The monoisotopic (exact) mass is 261 g/mol. The summed E-state index contributed by atoms with van der Waals surface area (Å²) in [6.45, 7) is 0. The predicted octanol–water partition coefficient (Wildman–Crippen LogP) is 4.05.